The summed E-state index contributed by atoms with van der Waals surface area (Å²) >= 11 is 0. The molecule has 1 aromatic rings. The summed E-state index contributed by atoms with van der Waals surface area (Å²) in [6, 6.07) is 4.63. The number of rotatable bonds is 7. The number of hydrogen-bond acceptors (Lipinski definition) is 2. The molecule has 168 valence electrons. The van der Waals surface area contributed by atoms with Gasteiger partial charge in [-0.25, -0.2) is 5.06 Å². The van der Waals surface area contributed by atoms with Gasteiger partial charge in [0.15, 0.2) is 0 Å². The summed E-state index contributed by atoms with van der Waals surface area (Å²) in [5.74, 6) is -0.351. The van der Waals surface area contributed by atoms with Crippen LogP contribution in [0.1, 0.15) is 44.2 Å². The fourth-order valence-electron chi connectivity index (χ4n) is 4.18. The van der Waals surface area contributed by atoms with Gasteiger partial charge in [0.25, 0.3) is 5.91 Å². The van der Waals surface area contributed by atoms with E-state index in [2.05, 4.69) is 26.7 Å². The first-order valence-electron chi connectivity index (χ1n) is 10.2. The van der Waals surface area contributed by atoms with Crippen molar-refractivity contribution in [2.24, 2.45) is 17.3 Å². The lowest BCUT2D eigenvalue weighted by atomic mass is 9.61. The van der Waals surface area contributed by atoms with Gasteiger partial charge in [0.2, 0.25) is 0 Å². The van der Waals surface area contributed by atoms with E-state index in [4.69, 9.17) is 0 Å². The van der Waals surface area contributed by atoms with E-state index >= 15 is 0 Å². The zero-order chi connectivity index (χ0) is 23.4. The van der Waals surface area contributed by atoms with Crippen LogP contribution in [0.15, 0.2) is 67.3 Å². The number of carbonyl (C=O) groups excluding carboxylic acids is 1. The van der Waals surface area contributed by atoms with Crippen molar-refractivity contribution in [2.45, 2.75) is 39.3 Å². The van der Waals surface area contributed by atoms with Gasteiger partial charge < -0.3 is 0 Å². The van der Waals surface area contributed by atoms with E-state index in [1.54, 1.807) is 0 Å². The van der Waals surface area contributed by atoms with E-state index in [-0.39, 0.29) is 29.4 Å². The van der Waals surface area contributed by atoms with Crippen LogP contribution in [0.4, 0.5) is 13.2 Å². The Hall–Kier alpha value is -2.60. The summed E-state index contributed by atoms with van der Waals surface area (Å²) in [4.78, 5) is 12.2. The molecule has 1 fully saturated rings. The molecule has 0 aromatic heterocycles. The van der Waals surface area contributed by atoms with Crippen molar-refractivity contribution in [2.75, 3.05) is 6.54 Å². The molecule has 0 heterocycles. The third-order valence-electron chi connectivity index (χ3n) is 6.23. The SMILES string of the molecule is C=C[C@]1(C)CC[C@@H](C(=C)CN(O)C(=O)/C=C/c2cccc(C(F)(F)F)c2)C[C@H]1C(=C)C. The third-order valence-corrected chi connectivity index (χ3v) is 6.23. The van der Waals surface area contributed by atoms with Crippen molar-refractivity contribution in [1.29, 1.82) is 0 Å². The minimum absolute atomic E-state index is 0.0367. The number of nitrogens with zero attached hydrogens (tertiary/aromatic N) is 1. The highest BCUT2D eigenvalue weighted by Crippen LogP contribution is 2.48. The monoisotopic (exact) mass is 433 g/mol. The summed E-state index contributed by atoms with van der Waals surface area (Å²) in [6.07, 6.45) is 2.41. The predicted molar refractivity (Wildman–Crippen MR) is 117 cm³/mol. The maximum atomic E-state index is 12.8. The smallest absolute Gasteiger partial charge is 0.285 e. The Morgan fingerprint density at radius 2 is 2.03 bits per heavy atom. The molecule has 1 aliphatic rings. The molecule has 2 rings (SSSR count). The number of hydrogen-bond donors (Lipinski definition) is 1. The third kappa shape index (κ3) is 6.20. The average Bonchev–Trinajstić information content (AvgIpc) is 2.71. The summed E-state index contributed by atoms with van der Waals surface area (Å²) in [7, 11) is 0. The number of carbonyl (C=O) groups is 1. The highest BCUT2D eigenvalue weighted by Gasteiger charge is 2.39. The Bertz CT molecular complexity index is 887. The second kappa shape index (κ2) is 9.69. The topological polar surface area (TPSA) is 40.5 Å². The molecule has 0 aliphatic heterocycles. The quantitative estimate of drug-likeness (QED) is 0.226. The zero-order valence-electron chi connectivity index (χ0n) is 18.1. The maximum Gasteiger partial charge on any atom is 0.416 e. The van der Waals surface area contributed by atoms with E-state index < -0.39 is 17.6 Å². The molecule has 3 nitrogen and oxygen atoms in total. The van der Waals surface area contributed by atoms with Crippen molar-refractivity contribution >= 4 is 12.0 Å². The minimum atomic E-state index is -4.46. The Morgan fingerprint density at radius 3 is 2.61 bits per heavy atom. The van der Waals surface area contributed by atoms with Gasteiger partial charge in [-0.05, 0) is 67.2 Å². The van der Waals surface area contributed by atoms with Crippen molar-refractivity contribution in [3.05, 3.63) is 78.4 Å². The molecule has 0 unspecified atom stereocenters. The first kappa shape index (κ1) is 24.7. The molecule has 0 radical (unpaired) electrons. The Morgan fingerprint density at radius 1 is 1.35 bits per heavy atom. The normalized spacial score (nSPS) is 24.1. The summed E-state index contributed by atoms with van der Waals surface area (Å²) in [5.41, 5.74) is 1.19. The van der Waals surface area contributed by atoms with Crippen molar-refractivity contribution in [3.63, 3.8) is 0 Å². The molecule has 1 aliphatic carbocycles. The molecule has 1 saturated carbocycles. The molecule has 6 heteroatoms. The van der Waals surface area contributed by atoms with Crippen LogP contribution in [-0.4, -0.2) is 22.7 Å². The van der Waals surface area contributed by atoms with Gasteiger partial charge in [-0.2, -0.15) is 13.2 Å². The number of benzene rings is 1. The molecule has 31 heavy (non-hydrogen) atoms. The minimum Gasteiger partial charge on any atom is -0.285 e. The molecule has 1 N–H and O–H groups in total. The van der Waals surface area contributed by atoms with E-state index in [9.17, 15) is 23.2 Å². The van der Waals surface area contributed by atoms with Crippen LogP contribution in [0.25, 0.3) is 6.08 Å². The number of allylic oxidation sites excluding steroid dienone is 2. The van der Waals surface area contributed by atoms with Gasteiger partial charge in [0, 0.05) is 6.08 Å². The maximum absolute atomic E-state index is 12.8. The lowest BCUT2D eigenvalue weighted by Gasteiger charge is -2.44. The van der Waals surface area contributed by atoms with Gasteiger partial charge in [0.05, 0.1) is 12.1 Å². The zero-order valence-corrected chi connectivity index (χ0v) is 18.1. The fourth-order valence-corrected chi connectivity index (χ4v) is 4.18. The van der Waals surface area contributed by atoms with E-state index in [1.165, 1.54) is 18.2 Å². The molecule has 0 spiro atoms. The number of alkyl halides is 3. The van der Waals surface area contributed by atoms with Gasteiger partial charge in [-0.3, -0.25) is 10.0 Å². The Balaban J connectivity index is 2.00. The summed E-state index contributed by atoms with van der Waals surface area (Å²) < 4.78 is 38.4. The molecule has 1 aromatic carbocycles. The second-order valence-electron chi connectivity index (χ2n) is 8.59. The van der Waals surface area contributed by atoms with Crippen molar-refractivity contribution in [1.82, 2.24) is 5.06 Å². The van der Waals surface area contributed by atoms with Gasteiger partial charge >= 0.3 is 6.18 Å². The first-order valence-corrected chi connectivity index (χ1v) is 10.2. The van der Waals surface area contributed by atoms with Crippen LogP contribution in [0, 0.1) is 17.3 Å². The van der Waals surface area contributed by atoms with Crippen LogP contribution >= 0.6 is 0 Å². The fraction of sp³-hybridized carbons (Fsp3) is 0.400. The standard InChI is InChI=1S/C25H30F3NO2/c1-6-24(5)13-12-20(15-22(24)17(2)3)18(4)16-29(31)23(30)11-10-19-8-7-9-21(14-19)25(26,27)28/h6-11,14,20,22,31H,1-2,4,12-13,15-16H2,3,5H3/b11-10+/t20-,22+,24-/m1/s1. The van der Waals surface area contributed by atoms with Crippen molar-refractivity contribution in [3.8, 4) is 0 Å². The van der Waals surface area contributed by atoms with Crippen LogP contribution in [-0.2, 0) is 11.0 Å². The van der Waals surface area contributed by atoms with Gasteiger partial charge in [-0.15, -0.1) is 6.58 Å². The van der Waals surface area contributed by atoms with Gasteiger partial charge in [-0.1, -0.05) is 49.4 Å². The lowest BCUT2D eigenvalue weighted by Crippen LogP contribution is -2.36. The van der Waals surface area contributed by atoms with Crippen LogP contribution in [0.5, 0.6) is 0 Å². The van der Waals surface area contributed by atoms with Gasteiger partial charge in [0.1, 0.15) is 0 Å². The summed E-state index contributed by atoms with van der Waals surface area (Å²) in [5, 5.41) is 10.7. The molecule has 0 bridgehead atoms. The Labute approximate surface area is 182 Å². The molecule has 0 saturated heterocycles. The lowest BCUT2D eigenvalue weighted by molar-refractivity contribution is -0.157. The molecule has 3 atom stereocenters. The predicted octanol–water partition coefficient (Wildman–Crippen LogP) is 6.68. The summed E-state index contributed by atoms with van der Waals surface area (Å²) in [6.45, 7) is 16.3. The van der Waals surface area contributed by atoms with E-state index in [0.29, 0.717) is 5.06 Å². The van der Waals surface area contributed by atoms with E-state index in [0.717, 1.165) is 48.6 Å². The Kier molecular flexibility index (Phi) is 7.71. The highest BCUT2D eigenvalue weighted by atomic mass is 19.4. The van der Waals surface area contributed by atoms with E-state index in [1.807, 2.05) is 13.0 Å². The number of hydroxylamine groups is 2. The van der Waals surface area contributed by atoms with Crippen LogP contribution in [0.2, 0.25) is 0 Å². The molecule has 1 amide bonds. The highest BCUT2D eigenvalue weighted by molar-refractivity contribution is 5.91. The molecular weight excluding hydrogens is 403 g/mol. The number of amides is 1. The first-order chi connectivity index (χ1) is 14.4. The van der Waals surface area contributed by atoms with Crippen molar-refractivity contribution < 1.29 is 23.2 Å². The van der Waals surface area contributed by atoms with Crippen LogP contribution in [0.3, 0.4) is 0 Å². The molecular formula is C25H30F3NO2. The second-order valence-corrected chi connectivity index (χ2v) is 8.59. The average molecular weight is 434 g/mol. The number of halogens is 3. The van der Waals surface area contributed by atoms with Crippen LogP contribution < -0.4 is 0 Å². The largest absolute Gasteiger partial charge is 0.416 e.